The van der Waals surface area contributed by atoms with E-state index >= 15 is 0 Å². The molecule has 9 rings (SSSR count). The standard InChI is InChI=1S/C42H27NO2/c1-2-10-28(11-3-1)29-20-24-31(25-21-29)43(37-16-9-19-40-41(37)36-13-5-7-18-39(36)44-40)32-26-22-30(23-27-32)33-14-8-15-35-34-12-4-6-17-38(34)45-42(33)35/h1-27H/i5D,7D,9D,13D,16D,18D,19D. The number of anilines is 3. The molecule has 0 amide bonds. The van der Waals surface area contributed by atoms with Crippen molar-refractivity contribution in [3.05, 3.63) is 164 Å². The van der Waals surface area contributed by atoms with Gasteiger partial charge in [0, 0.05) is 33.1 Å². The number of fused-ring (bicyclic) bond motifs is 6. The summed E-state index contributed by atoms with van der Waals surface area (Å²) in [5.74, 6) is 0. The van der Waals surface area contributed by atoms with Gasteiger partial charge in [0.1, 0.15) is 22.3 Å². The molecule has 45 heavy (non-hydrogen) atoms. The molecule has 0 N–H and O–H groups in total. The van der Waals surface area contributed by atoms with Gasteiger partial charge in [-0.05, 0) is 65.1 Å². The second-order valence-corrected chi connectivity index (χ2v) is 10.8. The lowest BCUT2D eigenvalue weighted by Gasteiger charge is -2.26. The van der Waals surface area contributed by atoms with E-state index in [1.165, 1.54) is 0 Å². The van der Waals surface area contributed by atoms with E-state index in [1.54, 1.807) is 4.90 Å². The quantitative estimate of drug-likeness (QED) is 0.201. The van der Waals surface area contributed by atoms with Crippen LogP contribution < -0.4 is 4.90 Å². The molecule has 0 aliphatic heterocycles. The molecule has 3 heteroatoms. The van der Waals surface area contributed by atoms with Crippen LogP contribution in [0.25, 0.3) is 66.1 Å². The van der Waals surface area contributed by atoms with Crippen molar-refractivity contribution in [1.29, 1.82) is 0 Å². The number of hydrogen-bond acceptors (Lipinski definition) is 3. The fraction of sp³-hybridized carbons (Fsp3) is 0. The van der Waals surface area contributed by atoms with Crippen LogP contribution in [0.15, 0.2) is 172 Å². The van der Waals surface area contributed by atoms with E-state index in [-0.39, 0.29) is 45.8 Å². The van der Waals surface area contributed by atoms with Crippen LogP contribution in [-0.2, 0) is 0 Å². The van der Waals surface area contributed by atoms with Gasteiger partial charge in [-0.1, -0.05) is 115 Å². The molecule has 0 fully saturated rings. The Bertz CT molecular complexity index is 2860. The molecule has 9 aromatic rings. The first-order valence-corrected chi connectivity index (χ1v) is 14.6. The number of furan rings is 2. The topological polar surface area (TPSA) is 29.5 Å². The predicted octanol–water partition coefficient (Wildman–Crippen LogP) is 12.3. The maximum Gasteiger partial charge on any atom is 0.143 e. The molecule has 0 radical (unpaired) electrons. The monoisotopic (exact) mass is 584 g/mol. The summed E-state index contributed by atoms with van der Waals surface area (Å²) in [5, 5.41) is 2.25. The summed E-state index contributed by atoms with van der Waals surface area (Å²) in [6.45, 7) is 0. The maximum atomic E-state index is 9.28. The predicted molar refractivity (Wildman–Crippen MR) is 187 cm³/mol. The van der Waals surface area contributed by atoms with E-state index in [0.717, 1.165) is 44.2 Å². The van der Waals surface area contributed by atoms with E-state index < -0.39 is 24.2 Å². The Balaban J connectivity index is 1.29. The van der Waals surface area contributed by atoms with Crippen LogP contribution in [0.5, 0.6) is 0 Å². The SMILES string of the molecule is [2H]c1c([2H])c([2H])c2c(oc3c([2H])c([2H])c([2H])c(N(c4ccc(-c5ccccc5)cc4)c4ccc(-c5cccc6c5oc5ccccc56)cc4)c32)c1[2H]. The third-order valence-corrected chi connectivity index (χ3v) is 8.23. The smallest absolute Gasteiger partial charge is 0.143 e. The van der Waals surface area contributed by atoms with Crippen LogP contribution in [0.4, 0.5) is 17.1 Å². The lowest BCUT2D eigenvalue weighted by Crippen LogP contribution is -2.10. The number of nitrogens with zero attached hydrogens (tertiary/aromatic N) is 1. The van der Waals surface area contributed by atoms with E-state index in [4.69, 9.17) is 17.1 Å². The van der Waals surface area contributed by atoms with E-state index in [9.17, 15) is 1.37 Å². The van der Waals surface area contributed by atoms with Gasteiger partial charge >= 0.3 is 0 Å². The van der Waals surface area contributed by atoms with Crippen molar-refractivity contribution in [2.75, 3.05) is 4.90 Å². The summed E-state index contributed by atoms with van der Waals surface area (Å²) in [6, 6.07) is 36.7. The minimum Gasteiger partial charge on any atom is -0.456 e. The van der Waals surface area contributed by atoms with Gasteiger partial charge in [-0.3, -0.25) is 0 Å². The van der Waals surface area contributed by atoms with Crippen LogP contribution in [0, 0.1) is 0 Å². The first-order chi connectivity index (χ1) is 25.2. The Morgan fingerprint density at radius 2 is 1.11 bits per heavy atom. The van der Waals surface area contributed by atoms with Crippen LogP contribution in [0.2, 0.25) is 0 Å². The molecule has 0 atom stereocenters. The van der Waals surface area contributed by atoms with Crippen molar-refractivity contribution < 1.29 is 18.4 Å². The normalized spacial score (nSPS) is 13.7. The molecular formula is C42H27NO2. The summed E-state index contributed by atoms with van der Waals surface area (Å²) >= 11 is 0. The Kier molecular flexibility index (Phi) is 4.40. The highest BCUT2D eigenvalue weighted by molar-refractivity contribution is 6.13. The van der Waals surface area contributed by atoms with E-state index in [2.05, 4.69) is 0 Å². The molecule has 0 spiro atoms. The lowest BCUT2D eigenvalue weighted by atomic mass is 10.0. The van der Waals surface area contributed by atoms with Crippen molar-refractivity contribution in [2.24, 2.45) is 0 Å². The minimum atomic E-state index is -0.467. The Hall–Kier alpha value is -6.06. The third-order valence-electron chi connectivity index (χ3n) is 8.23. The van der Waals surface area contributed by atoms with Gasteiger partial charge < -0.3 is 13.7 Å². The molecule has 0 saturated heterocycles. The van der Waals surface area contributed by atoms with E-state index in [1.807, 2.05) is 121 Å². The summed E-state index contributed by atoms with van der Waals surface area (Å²) in [4.78, 5) is 1.79. The Morgan fingerprint density at radius 1 is 0.444 bits per heavy atom. The highest BCUT2D eigenvalue weighted by Gasteiger charge is 2.20. The minimum absolute atomic E-state index is 0.0529. The summed E-state index contributed by atoms with van der Waals surface area (Å²) in [7, 11) is 0. The molecule has 2 heterocycles. The summed E-state index contributed by atoms with van der Waals surface area (Å²) in [5.41, 5.74) is 6.57. The van der Waals surface area contributed by atoms with Gasteiger partial charge in [0.25, 0.3) is 0 Å². The largest absolute Gasteiger partial charge is 0.456 e. The van der Waals surface area contributed by atoms with Gasteiger partial charge in [0.05, 0.1) is 20.7 Å². The van der Waals surface area contributed by atoms with Crippen molar-refractivity contribution >= 4 is 60.9 Å². The maximum absolute atomic E-state index is 9.28. The third kappa shape index (κ3) is 4.21. The highest BCUT2D eigenvalue weighted by Crippen LogP contribution is 2.44. The first kappa shape index (κ1) is 19.3. The average Bonchev–Trinajstić information content (AvgIpc) is 3.77. The van der Waals surface area contributed by atoms with Crippen molar-refractivity contribution in [3.8, 4) is 22.3 Å². The fourth-order valence-corrected chi connectivity index (χ4v) is 6.12. The van der Waals surface area contributed by atoms with Gasteiger partial charge in [-0.15, -0.1) is 0 Å². The van der Waals surface area contributed by atoms with Crippen molar-refractivity contribution in [2.45, 2.75) is 0 Å². The fourth-order valence-electron chi connectivity index (χ4n) is 6.12. The molecule has 7 aromatic carbocycles. The van der Waals surface area contributed by atoms with Crippen LogP contribution in [-0.4, -0.2) is 0 Å². The molecule has 0 saturated carbocycles. The second-order valence-electron chi connectivity index (χ2n) is 10.8. The van der Waals surface area contributed by atoms with Crippen LogP contribution >= 0.6 is 0 Å². The molecule has 2 aromatic heterocycles. The number of hydrogen-bond donors (Lipinski definition) is 0. The zero-order valence-electron chi connectivity index (χ0n) is 30.8. The van der Waals surface area contributed by atoms with Crippen molar-refractivity contribution in [1.82, 2.24) is 0 Å². The average molecular weight is 585 g/mol. The molecule has 0 aliphatic rings. The second kappa shape index (κ2) is 10.3. The molecule has 0 bridgehead atoms. The van der Waals surface area contributed by atoms with Crippen LogP contribution in [0.3, 0.4) is 0 Å². The highest BCUT2D eigenvalue weighted by atomic mass is 16.3. The van der Waals surface area contributed by atoms with E-state index in [0.29, 0.717) is 11.4 Å². The van der Waals surface area contributed by atoms with Gasteiger partial charge in [0.2, 0.25) is 0 Å². The number of para-hydroxylation sites is 3. The number of rotatable bonds is 5. The van der Waals surface area contributed by atoms with Gasteiger partial charge in [-0.2, -0.15) is 0 Å². The zero-order valence-corrected chi connectivity index (χ0v) is 23.8. The van der Waals surface area contributed by atoms with Gasteiger partial charge in [0.15, 0.2) is 0 Å². The van der Waals surface area contributed by atoms with Crippen molar-refractivity contribution in [3.63, 3.8) is 0 Å². The molecule has 0 unspecified atom stereocenters. The van der Waals surface area contributed by atoms with Crippen LogP contribution in [0.1, 0.15) is 9.60 Å². The zero-order chi connectivity index (χ0) is 35.8. The first-order valence-electron chi connectivity index (χ1n) is 18.1. The molecule has 3 nitrogen and oxygen atoms in total. The molecular weight excluding hydrogens is 550 g/mol. The Labute approximate surface area is 270 Å². The van der Waals surface area contributed by atoms with Gasteiger partial charge in [-0.25, -0.2) is 0 Å². The molecule has 212 valence electrons. The lowest BCUT2D eigenvalue weighted by molar-refractivity contribution is 0.669. The summed E-state index contributed by atoms with van der Waals surface area (Å²) in [6.07, 6.45) is 0. The molecule has 0 aliphatic carbocycles. The Morgan fingerprint density at radius 3 is 1.93 bits per heavy atom. The summed E-state index contributed by atoms with van der Waals surface area (Å²) < 4.78 is 73.4. The number of benzene rings is 7.